The van der Waals surface area contributed by atoms with Crippen molar-refractivity contribution in [2.45, 2.75) is 6.61 Å². The van der Waals surface area contributed by atoms with E-state index in [-0.39, 0.29) is 11.4 Å². The van der Waals surface area contributed by atoms with E-state index in [1.54, 1.807) is 19.2 Å². The van der Waals surface area contributed by atoms with Gasteiger partial charge in [0.15, 0.2) is 5.76 Å². The number of aromatic carboxylic acids is 1. The molecule has 0 saturated carbocycles. The molecular formula is C11H9N5O4S. The first kappa shape index (κ1) is 13.4. The number of furan rings is 1. The van der Waals surface area contributed by atoms with Crippen LogP contribution >= 0.6 is 11.3 Å². The van der Waals surface area contributed by atoms with E-state index in [2.05, 4.69) is 20.5 Å². The summed E-state index contributed by atoms with van der Waals surface area (Å²) in [6.07, 6.45) is 1.44. The lowest BCUT2D eigenvalue weighted by atomic mass is 10.2. The summed E-state index contributed by atoms with van der Waals surface area (Å²) in [7, 11) is 1.55. The Morgan fingerprint density at radius 2 is 2.33 bits per heavy atom. The van der Waals surface area contributed by atoms with Crippen molar-refractivity contribution < 1.29 is 19.1 Å². The summed E-state index contributed by atoms with van der Waals surface area (Å²) in [4.78, 5) is 11.3. The quantitative estimate of drug-likeness (QED) is 0.748. The molecule has 0 aliphatic heterocycles. The molecule has 0 atom stereocenters. The lowest BCUT2D eigenvalue weighted by Crippen LogP contribution is -2.02. The van der Waals surface area contributed by atoms with Crippen molar-refractivity contribution in [3.8, 4) is 16.6 Å². The smallest absolute Gasteiger partial charge is 0.358 e. The number of ether oxygens (including phenoxy) is 1. The minimum Gasteiger partial charge on any atom is -0.476 e. The molecule has 0 fully saturated rings. The molecule has 3 heterocycles. The van der Waals surface area contributed by atoms with Gasteiger partial charge in [0.25, 0.3) is 0 Å². The van der Waals surface area contributed by atoms with Gasteiger partial charge in [-0.25, -0.2) is 4.79 Å². The Morgan fingerprint density at radius 1 is 1.48 bits per heavy atom. The topological polar surface area (TPSA) is 116 Å². The maximum absolute atomic E-state index is 11.3. The first-order valence-electron chi connectivity index (χ1n) is 5.75. The number of nitrogens with zero attached hydrogens (tertiary/aromatic N) is 5. The van der Waals surface area contributed by atoms with Crippen molar-refractivity contribution in [1.82, 2.24) is 25.2 Å². The fourth-order valence-electron chi connectivity index (χ4n) is 1.71. The van der Waals surface area contributed by atoms with E-state index in [1.807, 2.05) is 0 Å². The fourth-order valence-corrected chi connectivity index (χ4v) is 2.47. The summed E-state index contributed by atoms with van der Waals surface area (Å²) in [6, 6.07) is 3.27. The molecule has 0 bridgehead atoms. The van der Waals surface area contributed by atoms with Crippen LogP contribution in [0.1, 0.15) is 15.5 Å². The number of aromatic nitrogens is 5. The maximum atomic E-state index is 11.3. The third-order valence-corrected chi connectivity index (χ3v) is 3.40. The van der Waals surface area contributed by atoms with E-state index in [1.165, 1.54) is 22.3 Å². The van der Waals surface area contributed by atoms with Crippen LogP contribution < -0.4 is 0 Å². The predicted octanol–water partition coefficient (Wildman–Crippen LogP) is 1.22. The van der Waals surface area contributed by atoms with Gasteiger partial charge in [-0.2, -0.15) is 4.68 Å². The highest BCUT2D eigenvalue weighted by atomic mass is 32.1. The Labute approximate surface area is 121 Å². The zero-order chi connectivity index (χ0) is 14.8. The lowest BCUT2D eigenvalue weighted by molar-refractivity contribution is 0.0691. The molecule has 0 unspecified atom stereocenters. The van der Waals surface area contributed by atoms with Gasteiger partial charge in [0, 0.05) is 7.11 Å². The highest BCUT2D eigenvalue weighted by molar-refractivity contribution is 7.13. The first-order valence-corrected chi connectivity index (χ1v) is 6.57. The third-order valence-electron chi connectivity index (χ3n) is 2.53. The molecule has 0 aliphatic rings. The van der Waals surface area contributed by atoms with Crippen molar-refractivity contribution in [2.75, 3.05) is 7.11 Å². The van der Waals surface area contributed by atoms with Crippen molar-refractivity contribution >= 4 is 17.3 Å². The van der Waals surface area contributed by atoms with Gasteiger partial charge >= 0.3 is 5.97 Å². The second-order valence-corrected chi connectivity index (χ2v) is 4.93. The number of rotatable bonds is 5. The average molecular weight is 307 g/mol. The van der Waals surface area contributed by atoms with Crippen LogP contribution in [-0.4, -0.2) is 43.4 Å². The minimum absolute atomic E-state index is 0.214. The monoisotopic (exact) mass is 307 g/mol. The van der Waals surface area contributed by atoms with Crippen LogP contribution in [0.5, 0.6) is 0 Å². The largest absolute Gasteiger partial charge is 0.476 e. The molecule has 3 rings (SSSR count). The number of carboxylic acid groups (broad SMARTS) is 1. The number of methoxy groups -OCH3 is 1. The molecule has 10 heteroatoms. The first-order chi connectivity index (χ1) is 10.2. The predicted molar refractivity (Wildman–Crippen MR) is 70.2 cm³/mol. The van der Waals surface area contributed by atoms with Crippen molar-refractivity contribution in [3.05, 3.63) is 29.1 Å². The van der Waals surface area contributed by atoms with Crippen LogP contribution in [0, 0.1) is 0 Å². The molecule has 0 aliphatic carbocycles. The van der Waals surface area contributed by atoms with Crippen LogP contribution in [0.2, 0.25) is 0 Å². The van der Waals surface area contributed by atoms with Gasteiger partial charge in [0.1, 0.15) is 17.3 Å². The average Bonchev–Trinajstić information content (AvgIpc) is 3.18. The molecule has 3 aromatic heterocycles. The zero-order valence-corrected chi connectivity index (χ0v) is 11.6. The van der Waals surface area contributed by atoms with Gasteiger partial charge < -0.3 is 14.3 Å². The summed E-state index contributed by atoms with van der Waals surface area (Å²) in [5.74, 6) is -0.866. The Morgan fingerprint density at radius 3 is 3.00 bits per heavy atom. The molecule has 9 nitrogen and oxygen atoms in total. The van der Waals surface area contributed by atoms with E-state index < -0.39 is 5.97 Å². The SMILES string of the molecule is COCc1nnc(-n2nnc(C(=O)O)c2-c2ccco2)s1. The van der Waals surface area contributed by atoms with E-state index in [0.29, 0.717) is 22.5 Å². The molecule has 21 heavy (non-hydrogen) atoms. The van der Waals surface area contributed by atoms with Gasteiger partial charge in [-0.1, -0.05) is 16.6 Å². The van der Waals surface area contributed by atoms with E-state index in [4.69, 9.17) is 9.15 Å². The molecule has 108 valence electrons. The molecular weight excluding hydrogens is 298 g/mol. The van der Waals surface area contributed by atoms with E-state index in [9.17, 15) is 9.90 Å². The van der Waals surface area contributed by atoms with Crippen LogP contribution in [0.4, 0.5) is 0 Å². The van der Waals surface area contributed by atoms with E-state index >= 15 is 0 Å². The van der Waals surface area contributed by atoms with Crippen LogP contribution in [0.15, 0.2) is 22.8 Å². The van der Waals surface area contributed by atoms with Gasteiger partial charge in [0.2, 0.25) is 10.8 Å². The summed E-state index contributed by atoms with van der Waals surface area (Å²) >= 11 is 1.23. The van der Waals surface area contributed by atoms with Crippen LogP contribution in [0.3, 0.4) is 0 Å². The molecule has 0 amide bonds. The summed E-state index contributed by atoms with van der Waals surface area (Å²) in [6.45, 7) is 0.314. The Bertz CT molecular complexity index is 764. The Kier molecular flexibility index (Phi) is 3.46. The lowest BCUT2D eigenvalue weighted by Gasteiger charge is -1.99. The van der Waals surface area contributed by atoms with Crippen molar-refractivity contribution in [2.24, 2.45) is 0 Å². The highest BCUT2D eigenvalue weighted by Gasteiger charge is 2.25. The summed E-state index contributed by atoms with van der Waals surface area (Å²) in [5, 5.41) is 25.6. The second kappa shape index (κ2) is 5.42. The molecule has 0 spiro atoms. The second-order valence-electron chi connectivity index (χ2n) is 3.89. The van der Waals surface area contributed by atoms with Crippen molar-refractivity contribution in [1.29, 1.82) is 0 Å². The van der Waals surface area contributed by atoms with E-state index in [0.717, 1.165) is 0 Å². The Balaban J connectivity index is 2.12. The molecule has 0 aromatic carbocycles. The number of hydrogen-bond acceptors (Lipinski definition) is 8. The van der Waals surface area contributed by atoms with Gasteiger partial charge in [-0.15, -0.1) is 15.3 Å². The zero-order valence-electron chi connectivity index (χ0n) is 10.8. The van der Waals surface area contributed by atoms with Gasteiger partial charge in [0.05, 0.1) is 6.26 Å². The Hall–Kier alpha value is -2.59. The number of hydrogen-bond donors (Lipinski definition) is 1. The standard InChI is InChI=1S/C11H9N5O4S/c1-19-5-7-12-14-11(21-7)16-9(6-3-2-4-20-6)8(10(17)18)13-15-16/h2-4H,5H2,1H3,(H,17,18). The molecule has 0 radical (unpaired) electrons. The maximum Gasteiger partial charge on any atom is 0.358 e. The minimum atomic E-state index is -1.20. The number of carboxylic acids is 1. The van der Waals surface area contributed by atoms with Gasteiger partial charge in [-0.05, 0) is 12.1 Å². The third kappa shape index (κ3) is 2.41. The summed E-state index contributed by atoms with van der Waals surface area (Å²) in [5.41, 5.74) is 0.000980. The van der Waals surface area contributed by atoms with Gasteiger partial charge in [-0.3, -0.25) is 0 Å². The van der Waals surface area contributed by atoms with Crippen molar-refractivity contribution in [3.63, 3.8) is 0 Å². The van der Waals surface area contributed by atoms with Crippen LogP contribution in [-0.2, 0) is 11.3 Å². The molecule has 0 saturated heterocycles. The highest BCUT2D eigenvalue weighted by Crippen LogP contribution is 2.27. The number of carbonyl (C=O) groups is 1. The molecule has 1 N–H and O–H groups in total. The fraction of sp³-hybridized carbons (Fsp3) is 0.182. The normalized spacial score (nSPS) is 10.9. The summed E-state index contributed by atoms with van der Waals surface area (Å²) < 4.78 is 11.5. The molecule has 3 aromatic rings. The van der Waals surface area contributed by atoms with Crippen LogP contribution in [0.25, 0.3) is 16.6 Å².